The molecule has 0 saturated heterocycles. The van der Waals surface area contributed by atoms with Gasteiger partial charge >= 0.3 is 0 Å². The summed E-state index contributed by atoms with van der Waals surface area (Å²) in [4.78, 5) is 0. The Hall–Kier alpha value is -0.0700. The quantitative estimate of drug-likeness (QED) is 0.501. The highest BCUT2D eigenvalue weighted by Crippen LogP contribution is 2.43. The van der Waals surface area contributed by atoms with E-state index in [1.165, 1.54) is 0 Å². The standard InChI is InChI=1S/C6H11F/c1-2-3-6(7)4-5-6/h2-5H2,1H3. The molecule has 0 aromatic carbocycles. The minimum absolute atomic E-state index is 0.700. The smallest absolute Gasteiger partial charge is 0.111 e. The van der Waals surface area contributed by atoms with E-state index in [0.29, 0.717) is 0 Å². The van der Waals surface area contributed by atoms with Crippen molar-refractivity contribution in [1.29, 1.82) is 0 Å². The van der Waals surface area contributed by atoms with Gasteiger partial charge in [0, 0.05) is 0 Å². The number of halogens is 1. The molecule has 1 aliphatic rings. The van der Waals surface area contributed by atoms with Crippen LogP contribution in [0.15, 0.2) is 0 Å². The van der Waals surface area contributed by atoms with Crippen molar-refractivity contribution in [3.63, 3.8) is 0 Å². The molecule has 0 aromatic rings. The van der Waals surface area contributed by atoms with Crippen LogP contribution in [0.3, 0.4) is 0 Å². The molecule has 1 rings (SSSR count). The van der Waals surface area contributed by atoms with E-state index in [4.69, 9.17) is 0 Å². The van der Waals surface area contributed by atoms with Gasteiger partial charge < -0.3 is 0 Å². The number of rotatable bonds is 2. The van der Waals surface area contributed by atoms with Crippen LogP contribution in [-0.4, -0.2) is 5.67 Å². The van der Waals surface area contributed by atoms with Crippen LogP contribution in [-0.2, 0) is 0 Å². The second-order valence-corrected chi connectivity index (χ2v) is 2.40. The molecule has 0 nitrogen and oxygen atoms in total. The van der Waals surface area contributed by atoms with Crippen LogP contribution in [0.1, 0.15) is 32.6 Å². The molecular weight excluding hydrogens is 91.1 g/mol. The summed E-state index contributed by atoms with van der Waals surface area (Å²) in [5, 5.41) is 0. The van der Waals surface area contributed by atoms with Crippen LogP contribution >= 0.6 is 0 Å². The van der Waals surface area contributed by atoms with Crippen molar-refractivity contribution in [3.8, 4) is 0 Å². The molecule has 1 heteroatoms. The molecule has 0 atom stereocenters. The average Bonchev–Trinajstić information content (AvgIpc) is 2.22. The summed E-state index contributed by atoms with van der Waals surface area (Å²) in [6.07, 6.45) is 3.42. The lowest BCUT2D eigenvalue weighted by atomic mass is 10.2. The molecule has 42 valence electrons. The molecular formula is C6H11F. The van der Waals surface area contributed by atoms with E-state index < -0.39 is 5.67 Å². The first-order valence-corrected chi connectivity index (χ1v) is 2.96. The largest absolute Gasteiger partial charge is 0.244 e. The van der Waals surface area contributed by atoms with Gasteiger partial charge in [0.25, 0.3) is 0 Å². The molecule has 0 amide bonds. The van der Waals surface area contributed by atoms with E-state index in [0.717, 1.165) is 25.7 Å². The molecule has 0 unspecified atom stereocenters. The highest BCUT2D eigenvalue weighted by atomic mass is 19.1. The molecule has 1 saturated carbocycles. The van der Waals surface area contributed by atoms with Gasteiger partial charge in [-0.25, -0.2) is 4.39 Å². The molecule has 0 aliphatic heterocycles. The normalized spacial score (nSPS) is 24.9. The van der Waals surface area contributed by atoms with Crippen LogP contribution in [0, 0.1) is 0 Å². The first-order chi connectivity index (χ1) is 3.27. The van der Waals surface area contributed by atoms with Gasteiger partial charge in [0.15, 0.2) is 0 Å². The first kappa shape index (κ1) is 5.07. The third-order valence-electron chi connectivity index (χ3n) is 1.49. The zero-order valence-electron chi connectivity index (χ0n) is 4.71. The fourth-order valence-electron chi connectivity index (χ4n) is 0.834. The van der Waals surface area contributed by atoms with Crippen molar-refractivity contribution < 1.29 is 4.39 Å². The molecule has 0 N–H and O–H groups in total. The topological polar surface area (TPSA) is 0 Å². The Labute approximate surface area is 43.7 Å². The van der Waals surface area contributed by atoms with Crippen molar-refractivity contribution in [2.24, 2.45) is 0 Å². The minimum atomic E-state index is -0.700. The first-order valence-electron chi connectivity index (χ1n) is 2.96. The zero-order chi connectivity index (χ0) is 5.33. The summed E-state index contributed by atoms with van der Waals surface area (Å²) in [5.74, 6) is 0. The Morgan fingerprint density at radius 3 is 2.29 bits per heavy atom. The molecule has 7 heavy (non-hydrogen) atoms. The highest BCUT2D eigenvalue weighted by molar-refractivity contribution is 4.92. The van der Waals surface area contributed by atoms with Crippen molar-refractivity contribution in [2.45, 2.75) is 38.3 Å². The lowest BCUT2D eigenvalue weighted by molar-refractivity contribution is 0.287. The molecule has 1 fully saturated rings. The van der Waals surface area contributed by atoms with Crippen molar-refractivity contribution in [3.05, 3.63) is 0 Å². The predicted molar refractivity (Wildman–Crippen MR) is 28.0 cm³/mol. The maximum atomic E-state index is 12.5. The van der Waals surface area contributed by atoms with Gasteiger partial charge in [-0.05, 0) is 19.3 Å². The van der Waals surface area contributed by atoms with Crippen molar-refractivity contribution >= 4 is 0 Å². The lowest BCUT2D eigenvalue weighted by Crippen LogP contribution is -1.95. The molecule has 1 aliphatic carbocycles. The Bertz CT molecular complexity index is 64.6. The number of hydrogen-bond acceptors (Lipinski definition) is 0. The van der Waals surface area contributed by atoms with Crippen LogP contribution in [0.25, 0.3) is 0 Å². The second-order valence-electron chi connectivity index (χ2n) is 2.40. The van der Waals surface area contributed by atoms with Gasteiger partial charge in [0.05, 0.1) is 0 Å². The van der Waals surface area contributed by atoms with Crippen molar-refractivity contribution in [2.75, 3.05) is 0 Å². The Morgan fingerprint density at radius 1 is 1.57 bits per heavy atom. The van der Waals surface area contributed by atoms with E-state index in [9.17, 15) is 4.39 Å². The van der Waals surface area contributed by atoms with Gasteiger partial charge in [-0.15, -0.1) is 0 Å². The second kappa shape index (κ2) is 1.46. The maximum absolute atomic E-state index is 12.5. The number of alkyl halides is 1. The van der Waals surface area contributed by atoms with E-state index in [2.05, 4.69) is 0 Å². The van der Waals surface area contributed by atoms with Gasteiger partial charge in [0.2, 0.25) is 0 Å². The van der Waals surface area contributed by atoms with Gasteiger partial charge in [-0.2, -0.15) is 0 Å². The molecule has 0 bridgehead atoms. The van der Waals surface area contributed by atoms with Gasteiger partial charge in [-0.1, -0.05) is 13.3 Å². The van der Waals surface area contributed by atoms with E-state index in [1.54, 1.807) is 0 Å². The highest BCUT2D eigenvalue weighted by Gasteiger charge is 2.41. The third kappa shape index (κ3) is 1.15. The SMILES string of the molecule is CCCC1(F)CC1. The summed E-state index contributed by atoms with van der Waals surface area (Å²) in [7, 11) is 0. The Balaban J connectivity index is 2.13. The van der Waals surface area contributed by atoms with Gasteiger partial charge in [0.1, 0.15) is 5.67 Å². The Morgan fingerprint density at radius 2 is 2.14 bits per heavy atom. The van der Waals surface area contributed by atoms with E-state index in [-0.39, 0.29) is 0 Å². The fraction of sp³-hybridized carbons (Fsp3) is 1.00. The Kier molecular flexibility index (Phi) is 1.06. The zero-order valence-corrected chi connectivity index (χ0v) is 4.71. The summed E-state index contributed by atoms with van der Waals surface area (Å²) < 4.78 is 12.5. The number of hydrogen-bond donors (Lipinski definition) is 0. The molecule has 0 radical (unpaired) electrons. The molecule has 0 aromatic heterocycles. The van der Waals surface area contributed by atoms with E-state index >= 15 is 0 Å². The maximum Gasteiger partial charge on any atom is 0.111 e. The summed E-state index contributed by atoms with van der Waals surface area (Å²) >= 11 is 0. The summed E-state index contributed by atoms with van der Waals surface area (Å²) in [6, 6.07) is 0. The molecule has 0 heterocycles. The van der Waals surface area contributed by atoms with E-state index in [1.807, 2.05) is 6.92 Å². The van der Waals surface area contributed by atoms with Crippen molar-refractivity contribution in [1.82, 2.24) is 0 Å². The van der Waals surface area contributed by atoms with Crippen LogP contribution < -0.4 is 0 Å². The predicted octanol–water partition coefficient (Wildman–Crippen LogP) is 2.29. The monoisotopic (exact) mass is 102 g/mol. The van der Waals surface area contributed by atoms with Crippen LogP contribution in [0.4, 0.5) is 4.39 Å². The average molecular weight is 102 g/mol. The van der Waals surface area contributed by atoms with Crippen LogP contribution in [0.5, 0.6) is 0 Å². The summed E-state index contributed by atoms with van der Waals surface area (Å²) in [6.45, 7) is 2.03. The van der Waals surface area contributed by atoms with Crippen LogP contribution in [0.2, 0.25) is 0 Å². The fourth-order valence-corrected chi connectivity index (χ4v) is 0.834. The van der Waals surface area contributed by atoms with Gasteiger partial charge in [-0.3, -0.25) is 0 Å². The molecule has 0 spiro atoms. The summed E-state index contributed by atoms with van der Waals surface area (Å²) in [5.41, 5.74) is -0.700. The minimum Gasteiger partial charge on any atom is -0.244 e. The third-order valence-corrected chi connectivity index (χ3v) is 1.49. The lowest BCUT2D eigenvalue weighted by Gasteiger charge is -1.96.